The van der Waals surface area contributed by atoms with Crippen molar-refractivity contribution in [3.63, 3.8) is 0 Å². The average Bonchev–Trinajstić information content (AvgIpc) is 3.19. The van der Waals surface area contributed by atoms with E-state index in [2.05, 4.69) is 43.1 Å². The first-order chi connectivity index (χ1) is 18.2. The molecule has 0 saturated carbocycles. The van der Waals surface area contributed by atoms with Crippen LogP contribution in [-0.2, 0) is 17.9 Å². The van der Waals surface area contributed by atoms with Crippen LogP contribution in [0.1, 0.15) is 30.5 Å². The van der Waals surface area contributed by atoms with Crippen LogP contribution in [0.2, 0.25) is 0 Å². The van der Waals surface area contributed by atoms with Crippen LogP contribution in [0.3, 0.4) is 0 Å². The topological polar surface area (TPSA) is 65.0 Å². The lowest BCUT2D eigenvalue weighted by Gasteiger charge is -2.39. The highest BCUT2D eigenvalue weighted by Gasteiger charge is 2.28. The molecule has 1 saturated heterocycles. The van der Waals surface area contributed by atoms with Gasteiger partial charge in [0.1, 0.15) is 5.75 Å². The molecule has 0 bridgehead atoms. The van der Waals surface area contributed by atoms with Crippen molar-refractivity contribution in [1.29, 1.82) is 0 Å². The Morgan fingerprint density at radius 1 is 1.11 bits per heavy atom. The molecule has 10 heteroatoms. The molecule has 1 fully saturated rings. The standard InChI is InChI=1S/C28H32F2N6O2/c1-18-5-8-26(38-27(29)30)23(11-18)17-36-25-12-21(6-7-22(25)16-33(36)4)24-13-31-28(32-14-24)34-9-10-35(20(3)37)19(2)15-34/h5-8,11-14,19,27H,9-10,15-17H2,1-4H3/t19-/m1/s1. The Balaban J connectivity index is 1.36. The van der Waals surface area contributed by atoms with Crippen LogP contribution >= 0.6 is 0 Å². The molecule has 0 radical (unpaired) electrons. The van der Waals surface area contributed by atoms with Crippen molar-refractivity contribution in [2.45, 2.75) is 46.5 Å². The third-order valence-corrected chi connectivity index (χ3v) is 7.21. The smallest absolute Gasteiger partial charge is 0.387 e. The zero-order valence-electron chi connectivity index (χ0n) is 22.1. The normalized spacial score (nSPS) is 17.8. The number of halogens is 2. The minimum Gasteiger partial charge on any atom is -0.434 e. The van der Waals surface area contributed by atoms with Gasteiger partial charge in [-0.2, -0.15) is 8.78 Å². The minimum absolute atomic E-state index is 0.0879. The lowest BCUT2D eigenvalue weighted by molar-refractivity contribution is -0.131. The molecule has 0 unspecified atom stereocenters. The summed E-state index contributed by atoms with van der Waals surface area (Å²) in [6, 6.07) is 11.6. The molecule has 1 atom stereocenters. The molecule has 200 valence electrons. The van der Waals surface area contributed by atoms with Crippen LogP contribution < -0.4 is 14.6 Å². The molecule has 0 aliphatic carbocycles. The number of rotatable bonds is 6. The van der Waals surface area contributed by atoms with Gasteiger partial charge in [0.2, 0.25) is 11.9 Å². The van der Waals surface area contributed by atoms with Crippen molar-refractivity contribution >= 4 is 17.5 Å². The highest BCUT2D eigenvalue weighted by atomic mass is 19.3. The number of anilines is 2. The molecule has 2 aliphatic heterocycles. The minimum atomic E-state index is -2.88. The predicted molar refractivity (Wildman–Crippen MR) is 142 cm³/mol. The van der Waals surface area contributed by atoms with Crippen LogP contribution in [0.15, 0.2) is 48.8 Å². The molecule has 1 amide bonds. The molecule has 3 aromatic rings. The van der Waals surface area contributed by atoms with Gasteiger partial charge < -0.3 is 19.5 Å². The Morgan fingerprint density at radius 3 is 2.55 bits per heavy atom. The molecule has 0 N–H and O–H groups in total. The van der Waals surface area contributed by atoms with E-state index in [0.29, 0.717) is 44.2 Å². The summed E-state index contributed by atoms with van der Waals surface area (Å²) in [4.78, 5) is 25.0. The maximum Gasteiger partial charge on any atom is 0.387 e. The lowest BCUT2D eigenvalue weighted by Crippen LogP contribution is -2.53. The van der Waals surface area contributed by atoms with Gasteiger partial charge >= 0.3 is 6.61 Å². The van der Waals surface area contributed by atoms with Crippen molar-refractivity contribution < 1.29 is 18.3 Å². The van der Waals surface area contributed by atoms with Gasteiger partial charge in [-0.1, -0.05) is 29.8 Å². The van der Waals surface area contributed by atoms with Crippen molar-refractivity contribution in [2.75, 3.05) is 36.6 Å². The summed E-state index contributed by atoms with van der Waals surface area (Å²) in [5.41, 5.74) is 5.69. The van der Waals surface area contributed by atoms with Crippen molar-refractivity contribution in [1.82, 2.24) is 19.9 Å². The number of amides is 1. The first-order valence-electron chi connectivity index (χ1n) is 12.7. The highest BCUT2D eigenvalue weighted by molar-refractivity contribution is 5.74. The monoisotopic (exact) mass is 522 g/mol. The summed E-state index contributed by atoms with van der Waals surface area (Å²) >= 11 is 0. The van der Waals surface area contributed by atoms with E-state index in [1.807, 2.05) is 44.3 Å². The summed E-state index contributed by atoms with van der Waals surface area (Å²) in [6.45, 7) is 5.84. The Hall–Kier alpha value is -3.79. The molecule has 2 aliphatic rings. The number of aryl methyl sites for hydroxylation is 1. The quantitative estimate of drug-likeness (QED) is 0.473. The number of fused-ring (bicyclic) bond motifs is 1. The number of carbonyl (C=O) groups is 1. The van der Waals surface area contributed by atoms with E-state index in [0.717, 1.165) is 27.9 Å². The van der Waals surface area contributed by atoms with Gasteiger partial charge in [-0.3, -0.25) is 4.79 Å². The molecule has 3 heterocycles. The summed E-state index contributed by atoms with van der Waals surface area (Å²) in [5.74, 6) is 0.924. The summed E-state index contributed by atoms with van der Waals surface area (Å²) in [6.07, 6.45) is 3.65. The number of hydrazine groups is 1. The fourth-order valence-electron chi connectivity index (χ4n) is 5.28. The van der Waals surface area contributed by atoms with Gasteiger partial charge in [-0.05, 0) is 37.1 Å². The summed E-state index contributed by atoms with van der Waals surface area (Å²) in [5, 5.41) is 4.15. The number of hydrogen-bond acceptors (Lipinski definition) is 7. The van der Waals surface area contributed by atoms with Gasteiger partial charge in [0, 0.05) is 69.7 Å². The maximum absolute atomic E-state index is 13.0. The number of hydrogen-bond donors (Lipinski definition) is 0. The molecule has 5 rings (SSSR count). The number of benzene rings is 2. The number of ether oxygens (including phenoxy) is 1. The fourth-order valence-corrected chi connectivity index (χ4v) is 5.28. The van der Waals surface area contributed by atoms with Crippen LogP contribution in [-0.4, -0.2) is 65.1 Å². The fraction of sp³-hybridized carbons (Fsp3) is 0.393. The van der Waals surface area contributed by atoms with E-state index in [1.165, 1.54) is 0 Å². The molecule has 0 spiro atoms. The first-order valence-corrected chi connectivity index (χ1v) is 12.7. The number of alkyl halides is 2. The van der Waals surface area contributed by atoms with Gasteiger partial charge in [-0.15, -0.1) is 0 Å². The second-order valence-corrected chi connectivity index (χ2v) is 9.99. The third kappa shape index (κ3) is 5.26. The van der Waals surface area contributed by atoms with Gasteiger partial charge in [0.05, 0.1) is 12.2 Å². The SMILES string of the molecule is CC(=O)N1CCN(c2ncc(-c3ccc4c(c3)N(Cc3cc(C)ccc3OC(F)F)N(C)C4)cn2)C[C@H]1C. The van der Waals surface area contributed by atoms with Gasteiger partial charge in [-0.25, -0.2) is 15.0 Å². The van der Waals surface area contributed by atoms with E-state index in [4.69, 9.17) is 4.74 Å². The zero-order valence-corrected chi connectivity index (χ0v) is 22.1. The number of aromatic nitrogens is 2. The van der Waals surface area contributed by atoms with E-state index < -0.39 is 6.61 Å². The molecule has 1 aromatic heterocycles. The van der Waals surface area contributed by atoms with Crippen LogP contribution in [0.4, 0.5) is 20.4 Å². The van der Waals surface area contributed by atoms with E-state index in [1.54, 1.807) is 19.1 Å². The number of carbonyl (C=O) groups excluding carboxylic acids is 1. The van der Waals surface area contributed by atoms with Crippen molar-refractivity contribution in [2.24, 2.45) is 0 Å². The second kappa shape index (κ2) is 10.5. The Labute approximate surface area is 221 Å². The molecule has 8 nitrogen and oxygen atoms in total. The predicted octanol–water partition coefficient (Wildman–Crippen LogP) is 4.48. The Kier molecular flexibility index (Phi) is 7.16. The number of piperazine rings is 1. The largest absolute Gasteiger partial charge is 0.434 e. The van der Waals surface area contributed by atoms with E-state index >= 15 is 0 Å². The Morgan fingerprint density at radius 2 is 1.87 bits per heavy atom. The van der Waals surface area contributed by atoms with Gasteiger partial charge in [0.15, 0.2) is 0 Å². The van der Waals surface area contributed by atoms with E-state index in [-0.39, 0.29) is 17.7 Å². The maximum atomic E-state index is 13.0. The van der Waals surface area contributed by atoms with Crippen molar-refractivity contribution in [3.8, 4) is 16.9 Å². The average molecular weight is 523 g/mol. The lowest BCUT2D eigenvalue weighted by atomic mass is 10.0. The first kappa shape index (κ1) is 25.8. The highest BCUT2D eigenvalue weighted by Crippen LogP contribution is 2.37. The van der Waals surface area contributed by atoms with Crippen LogP contribution in [0, 0.1) is 6.92 Å². The molecular formula is C28H32F2N6O2. The molecule has 2 aromatic carbocycles. The van der Waals surface area contributed by atoms with Crippen LogP contribution in [0.25, 0.3) is 11.1 Å². The van der Waals surface area contributed by atoms with E-state index in [9.17, 15) is 13.6 Å². The van der Waals surface area contributed by atoms with Crippen LogP contribution in [0.5, 0.6) is 5.75 Å². The zero-order chi connectivity index (χ0) is 27.0. The third-order valence-electron chi connectivity index (χ3n) is 7.21. The Bertz CT molecular complexity index is 1320. The molecule has 38 heavy (non-hydrogen) atoms. The molecular weight excluding hydrogens is 490 g/mol. The van der Waals surface area contributed by atoms with Gasteiger partial charge in [0.25, 0.3) is 0 Å². The van der Waals surface area contributed by atoms with Crippen molar-refractivity contribution in [3.05, 3.63) is 65.5 Å². The summed E-state index contributed by atoms with van der Waals surface area (Å²) < 4.78 is 30.8. The number of nitrogens with zero attached hydrogens (tertiary/aromatic N) is 6. The second-order valence-electron chi connectivity index (χ2n) is 9.99. The summed E-state index contributed by atoms with van der Waals surface area (Å²) in [7, 11) is 1.98.